The van der Waals surface area contributed by atoms with Gasteiger partial charge in [0.05, 0.1) is 5.71 Å². The summed E-state index contributed by atoms with van der Waals surface area (Å²) in [6.07, 6.45) is 11.2. The number of hydrogen-bond donors (Lipinski definition) is 2. The molecule has 0 atom stereocenters. The highest BCUT2D eigenvalue weighted by molar-refractivity contribution is 6.26. The summed E-state index contributed by atoms with van der Waals surface area (Å²) in [6, 6.07) is 0. The van der Waals surface area contributed by atoms with Crippen LogP contribution in [0.5, 0.6) is 0 Å². The summed E-state index contributed by atoms with van der Waals surface area (Å²) >= 11 is 0. The van der Waals surface area contributed by atoms with Gasteiger partial charge in [0.1, 0.15) is 0 Å². The van der Waals surface area contributed by atoms with Crippen molar-refractivity contribution in [3.63, 3.8) is 0 Å². The van der Waals surface area contributed by atoms with E-state index in [1.165, 1.54) is 31.3 Å². The molecule has 2 N–H and O–H groups in total. The van der Waals surface area contributed by atoms with Crippen LogP contribution in [0.15, 0.2) is 23.3 Å². The fourth-order valence-corrected chi connectivity index (χ4v) is 2.95. The average Bonchev–Trinajstić information content (AvgIpc) is 2.68. The van der Waals surface area contributed by atoms with Gasteiger partial charge in [-0.3, -0.25) is 0 Å². The predicted molar refractivity (Wildman–Crippen MR) is 68.5 cm³/mol. The second kappa shape index (κ2) is 4.77. The molecule has 0 amide bonds. The highest BCUT2D eigenvalue weighted by Crippen LogP contribution is 2.36. The molecule has 0 spiro atoms. The third kappa shape index (κ3) is 2.16. The fourth-order valence-electron chi connectivity index (χ4n) is 2.95. The molecular formula is C14H20N2. The molecule has 2 heteroatoms. The van der Waals surface area contributed by atoms with E-state index in [9.17, 15) is 0 Å². The Labute approximate surface area is 97.5 Å². The fraction of sp³-hybridized carbons (Fsp3) is 0.571. The van der Waals surface area contributed by atoms with Crippen LogP contribution in [0.2, 0.25) is 0 Å². The Kier molecular flexibility index (Phi) is 3.37. The van der Waals surface area contributed by atoms with Crippen molar-refractivity contribution >= 4 is 11.4 Å². The van der Waals surface area contributed by atoms with Crippen molar-refractivity contribution in [3.8, 4) is 0 Å². The number of hydrogen-bond acceptors (Lipinski definition) is 2. The van der Waals surface area contributed by atoms with Crippen molar-refractivity contribution in [2.75, 3.05) is 0 Å². The summed E-state index contributed by atoms with van der Waals surface area (Å²) in [4.78, 5) is 0. The molecule has 0 aliphatic heterocycles. The lowest BCUT2D eigenvalue weighted by molar-refractivity contribution is 0.611. The molecule has 0 bridgehead atoms. The second-order valence-electron chi connectivity index (χ2n) is 4.86. The SMILES string of the molecule is CC(=N)C1=C(C2CCCC2)CCC=CC1=N. The van der Waals surface area contributed by atoms with E-state index in [0.29, 0.717) is 17.3 Å². The monoisotopic (exact) mass is 216 g/mol. The first-order valence-corrected chi connectivity index (χ1v) is 6.24. The first-order valence-electron chi connectivity index (χ1n) is 6.24. The van der Waals surface area contributed by atoms with E-state index in [1.54, 1.807) is 0 Å². The molecule has 86 valence electrons. The van der Waals surface area contributed by atoms with Gasteiger partial charge in [-0.1, -0.05) is 24.5 Å². The van der Waals surface area contributed by atoms with Crippen LogP contribution in [-0.2, 0) is 0 Å². The minimum Gasteiger partial charge on any atom is -0.305 e. The molecule has 0 saturated heterocycles. The molecule has 0 aromatic rings. The number of rotatable bonds is 2. The Morgan fingerprint density at radius 2 is 2.00 bits per heavy atom. The molecule has 0 aromatic carbocycles. The van der Waals surface area contributed by atoms with Gasteiger partial charge in [-0.2, -0.15) is 0 Å². The van der Waals surface area contributed by atoms with Crippen molar-refractivity contribution in [1.29, 1.82) is 10.8 Å². The van der Waals surface area contributed by atoms with Crippen LogP contribution in [-0.4, -0.2) is 11.4 Å². The maximum Gasteiger partial charge on any atom is 0.0626 e. The van der Waals surface area contributed by atoms with Crippen molar-refractivity contribution in [2.45, 2.75) is 45.4 Å². The van der Waals surface area contributed by atoms with E-state index in [-0.39, 0.29) is 0 Å². The summed E-state index contributed by atoms with van der Waals surface area (Å²) in [5, 5.41) is 15.9. The molecule has 2 rings (SSSR count). The quantitative estimate of drug-likeness (QED) is 0.658. The summed E-state index contributed by atoms with van der Waals surface area (Å²) in [6.45, 7) is 1.82. The largest absolute Gasteiger partial charge is 0.305 e. The third-order valence-electron chi connectivity index (χ3n) is 3.68. The van der Waals surface area contributed by atoms with Crippen LogP contribution in [0.1, 0.15) is 45.4 Å². The zero-order chi connectivity index (χ0) is 11.5. The van der Waals surface area contributed by atoms with Crippen LogP contribution in [0.3, 0.4) is 0 Å². The third-order valence-corrected chi connectivity index (χ3v) is 3.68. The molecule has 0 heterocycles. The first-order chi connectivity index (χ1) is 7.70. The zero-order valence-electron chi connectivity index (χ0n) is 9.97. The van der Waals surface area contributed by atoms with E-state index < -0.39 is 0 Å². The predicted octanol–water partition coefficient (Wildman–Crippen LogP) is 3.88. The molecule has 1 saturated carbocycles. The normalized spacial score (nSPS) is 22.7. The van der Waals surface area contributed by atoms with Gasteiger partial charge in [0.25, 0.3) is 0 Å². The second-order valence-corrected chi connectivity index (χ2v) is 4.86. The minimum atomic E-state index is 0.548. The Morgan fingerprint density at radius 3 is 2.62 bits per heavy atom. The lowest BCUT2D eigenvalue weighted by Crippen LogP contribution is -2.13. The highest BCUT2D eigenvalue weighted by atomic mass is 14.5. The Bertz CT molecular complexity index is 368. The molecular weight excluding hydrogens is 196 g/mol. The van der Waals surface area contributed by atoms with Crippen LogP contribution >= 0.6 is 0 Å². The van der Waals surface area contributed by atoms with Gasteiger partial charge in [0.2, 0.25) is 0 Å². The number of nitrogens with one attached hydrogen (secondary N) is 2. The van der Waals surface area contributed by atoms with Crippen molar-refractivity contribution < 1.29 is 0 Å². The summed E-state index contributed by atoms with van der Waals surface area (Å²) in [5.74, 6) is 0.649. The lowest BCUT2D eigenvalue weighted by Gasteiger charge is -2.18. The number of allylic oxidation sites excluding steroid dienone is 4. The van der Waals surface area contributed by atoms with Crippen molar-refractivity contribution in [2.24, 2.45) is 5.92 Å². The molecule has 1 fully saturated rings. The molecule has 0 aromatic heterocycles. The van der Waals surface area contributed by atoms with Crippen LogP contribution in [0, 0.1) is 16.7 Å². The maximum absolute atomic E-state index is 8.03. The molecule has 0 unspecified atom stereocenters. The van der Waals surface area contributed by atoms with E-state index in [1.807, 2.05) is 13.0 Å². The van der Waals surface area contributed by atoms with Gasteiger partial charge >= 0.3 is 0 Å². The van der Waals surface area contributed by atoms with E-state index >= 15 is 0 Å². The average molecular weight is 216 g/mol. The van der Waals surface area contributed by atoms with Crippen LogP contribution in [0.4, 0.5) is 0 Å². The zero-order valence-corrected chi connectivity index (χ0v) is 9.97. The molecule has 2 aliphatic rings. The Morgan fingerprint density at radius 1 is 1.31 bits per heavy atom. The van der Waals surface area contributed by atoms with Crippen LogP contribution in [0.25, 0.3) is 0 Å². The van der Waals surface area contributed by atoms with Crippen LogP contribution < -0.4 is 0 Å². The van der Waals surface area contributed by atoms with Crippen molar-refractivity contribution in [1.82, 2.24) is 0 Å². The minimum absolute atomic E-state index is 0.548. The smallest absolute Gasteiger partial charge is 0.0626 e. The van der Waals surface area contributed by atoms with Crippen molar-refractivity contribution in [3.05, 3.63) is 23.3 Å². The van der Waals surface area contributed by atoms with E-state index in [4.69, 9.17) is 10.8 Å². The van der Waals surface area contributed by atoms with Gasteiger partial charge in [-0.05, 0) is 44.6 Å². The lowest BCUT2D eigenvalue weighted by atomic mass is 9.87. The molecule has 16 heavy (non-hydrogen) atoms. The molecule has 2 nitrogen and oxygen atoms in total. The van der Waals surface area contributed by atoms with Gasteiger partial charge in [-0.15, -0.1) is 0 Å². The topological polar surface area (TPSA) is 47.7 Å². The van der Waals surface area contributed by atoms with Gasteiger partial charge in [-0.25, -0.2) is 0 Å². The van der Waals surface area contributed by atoms with Gasteiger partial charge in [0.15, 0.2) is 0 Å². The summed E-state index contributed by atoms with van der Waals surface area (Å²) in [7, 11) is 0. The van der Waals surface area contributed by atoms with Gasteiger partial charge < -0.3 is 10.8 Å². The first kappa shape index (κ1) is 11.3. The Balaban J connectivity index is 2.38. The summed E-state index contributed by atoms with van der Waals surface area (Å²) in [5.41, 5.74) is 3.44. The standard InChI is InChI=1S/C14H20N2/c1-10(15)14-12(11-6-2-3-7-11)8-4-5-9-13(14)16/h5,9,11,15-16H,2-4,6-8H2,1H3. The van der Waals surface area contributed by atoms with E-state index in [2.05, 4.69) is 6.08 Å². The molecule has 2 aliphatic carbocycles. The Hall–Kier alpha value is -1.18. The van der Waals surface area contributed by atoms with Gasteiger partial charge in [0, 0.05) is 11.3 Å². The molecule has 0 radical (unpaired) electrons. The van der Waals surface area contributed by atoms with E-state index in [0.717, 1.165) is 18.4 Å². The highest BCUT2D eigenvalue weighted by Gasteiger charge is 2.24. The maximum atomic E-state index is 8.03. The summed E-state index contributed by atoms with van der Waals surface area (Å²) < 4.78 is 0.